The molecule has 1 aliphatic rings. The molecule has 184 valence electrons. The van der Waals surface area contributed by atoms with Gasteiger partial charge in [-0.05, 0) is 30.7 Å². The Morgan fingerprint density at radius 1 is 1.08 bits per heavy atom. The second kappa shape index (κ2) is 9.40. The normalized spacial score (nSPS) is 12.9. The number of hydrogen-bond donors (Lipinski definition) is 1. The van der Waals surface area contributed by atoms with Gasteiger partial charge in [0.1, 0.15) is 17.3 Å². The van der Waals surface area contributed by atoms with Gasteiger partial charge in [-0.3, -0.25) is 14.8 Å². The quantitative estimate of drug-likeness (QED) is 0.420. The first-order valence-electron chi connectivity index (χ1n) is 11.2. The number of carbonyl (C=O) groups is 1. The molecule has 0 saturated heterocycles. The number of hydrogen-bond acceptors (Lipinski definition) is 7. The van der Waals surface area contributed by atoms with Crippen molar-refractivity contribution >= 4 is 28.2 Å². The van der Waals surface area contributed by atoms with E-state index in [0.717, 1.165) is 53.6 Å². The van der Waals surface area contributed by atoms with Gasteiger partial charge in [0.25, 0.3) is 0 Å². The Balaban J connectivity index is 1.37. The van der Waals surface area contributed by atoms with Gasteiger partial charge < -0.3 is 15.0 Å². The van der Waals surface area contributed by atoms with Crippen molar-refractivity contribution in [1.82, 2.24) is 19.9 Å². The molecule has 1 N–H and O–H groups in total. The fourth-order valence-corrected chi connectivity index (χ4v) is 4.22. The van der Waals surface area contributed by atoms with E-state index in [4.69, 9.17) is 9.97 Å². The molecule has 5 rings (SSSR count). The molecule has 1 aromatic carbocycles. The molecule has 3 heterocycles. The Morgan fingerprint density at radius 3 is 2.69 bits per heavy atom. The van der Waals surface area contributed by atoms with Crippen LogP contribution < -0.4 is 15.0 Å². The van der Waals surface area contributed by atoms with Crippen molar-refractivity contribution < 1.29 is 22.7 Å². The maximum atomic E-state index is 12.7. The molecule has 4 aromatic rings. The van der Waals surface area contributed by atoms with Gasteiger partial charge in [0.05, 0.1) is 24.6 Å². The summed E-state index contributed by atoms with van der Waals surface area (Å²) in [4.78, 5) is 32.1. The summed E-state index contributed by atoms with van der Waals surface area (Å²) in [7, 11) is 1.74. The minimum atomic E-state index is -4.85. The molecule has 0 unspecified atom stereocenters. The van der Waals surface area contributed by atoms with Crippen LogP contribution in [0.15, 0.2) is 55.0 Å². The third-order valence-electron chi connectivity index (χ3n) is 5.74. The lowest BCUT2D eigenvalue weighted by molar-refractivity contribution is -0.274. The molecule has 11 heteroatoms. The molecule has 1 amide bonds. The molecule has 0 aliphatic heterocycles. The Kier molecular flexibility index (Phi) is 6.13. The summed E-state index contributed by atoms with van der Waals surface area (Å²) in [5.41, 5.74) is 2.63. The lowest BCUT2D eigenvalue weighted by Gasteiger charge is -2.21. The number of alkyl halides is 3. The standard InChI is InChI=1S/C25H21F3N6O2/c1-34(14-22(35)31-17-10-18(13-29-12-17)36-25(26,27)28)24-19-7-4-8-20(19)32-23(33-24)21-9-15-5-2-3-6-16(15)11-30-21/h2-3,5-6,9-13H,4,7-8,14H2,1H3,(H,31,35). The molecule has 0 spiro atoms. The molecule has 1 aliphatic carbocycles. The second-order valence-corrected chi connectivity index (χ2v) is 8.43. The zero-order valence-electron chi connectivity index (χ0n) is 19.2. The van der Waals surface area contributed by atoms with Crippen LogP contribution in [0.1, 0.15) is 17.7 Å². The summed E-state index contributed by atoms with van der Waals surface area (Å²) in [5.74, 6) is 0.142. The van der Waals surface area contributed by atoms with Crippen LogP contribution in [0.4, 0.5) is 24.7 Å². The van der Waals surface area contributed by atoms with Crippen molar-refractivity contribution in [3.05, 3.63) is 66.2 Å². The fourth-order valence-electron chi connectivity index (χ4n) is 4.22. The summed E-state index contributed by atoms with van der Waals surface area (Å²) in [5, 5.41) is 4.59. The van der Waals surface area contributed by atoms with Gasteiger partial charge >= 0.3 is 6.36 Å². The number of ether oxygens (including phenoxy) is 1. The highest BCUT2D eigenvalue weighted by Crippen LogP contribution is 2.31. The number of amides is 1. The topological polar surface area (TPSA) is 93.1 Å². The Bertz CT molecular complexity index is 1440. The molecule has 0 bridgehead atoms. The first-order chi connectivity index (χ1) is 17.2. The van der Waals surface area contributed by atoms with E-state index >= 15 is 0 Å². The Morgan fingerprint density at radius 2 is 1.89 bits per heavy atom. The summed E-state index contributed by atoms with van der Waals surface area (Å²) in [6.45, 7) is -0.0849. The minimum Gasteiger partial charge on any atom is -0.404 e. The maximum absolute atomic E-state index is 12.7. The van der Waals surface area contributed by atoms with E-state index in [1.807, 2.05) is 30.3 Å². The predicted octanol–water partition coefficient (Wildman–Crippen LogP) is 4.55. The van der Waals surface area contributed by atoms with Crippen LogP contribution in [0.2, 0.25) is 0 Å². The largest absolute Gasteiger partial charge is 0.573 e. The van der Waals surface area contributed by atoms with Crippen LogP contribution in [0.25, 0.3) is 22.3 Å². The van der Waals surface area contributed by atoms with Crippen molar-refractivity contribution in [3.8, 4) is 17.3 Å². The van der Waals surface area contributed by atoms with Crippen molar-refractivity contribution in [1.29, 1.82) is 0 Å². The smallest absolute Gasteiger partial charge is 0.404 e. The number of anilines is 2. The number of pyridine rings is 2. The number of aryl methyl sites for hydroxylation is 1. The lowest BCUT2D eigenvalue weighted by Crippen LogP contribution is -2.31. The van der Waals surface area contributed by atoms with Gasteiger partial charge in [-0.2, -0.15) is 0 Å². The average molecular weight is 494 g/mol. The van der Waals surface area contributed by atoms with Crippen molar-refractivity contribution in [2.75, 3.05) is 23.8 Å². The molecule has 8 nitrogen and oxygen atoms in total. The van der Waals surface area contributed by atoms with Gasteiger partial charge in [0, 0.05) is 36.0 Å². The Labute approximate surface area is 204 Å². The van der Waals surface area contributed by atoms with E-state index in [0.29, 0.717) is 17.3 Å². The van der Waals surface area contributed by atoms with Crippen molar-refractivity contribution in [2.45, 2.75) is 25.6 Å². The van der Waals surface area contributed by atoms with Gasteiger partial charge in [-0.25, -0.2) is 9.97 Å². The highest BCUT2D eigenvalue weighted by Gasteiger charge is 2.31. The van der Waals surface area contributed by atoms with E-state index in [-0.39, 0.29) is 12.2 Å². The van der Waals surface area contributed by atoms with E-state index < -0.39 is 18.0 Å². The zero-order valence-corrected chi connectivity index (χ0v) is 19.2. The van der Waals surface area contributed by atoms with E-state index in [1.54, 1.807) is 18.1 Å². The second-order valence-electron chi connectivity index (χ2n) is 8.43. The molecule has 0 radical (unpaired) electrons. The van der Waals surface area contributed by atoms with E-state index in [1.165, 1.54) is 6.20 Å². The highest BCUT2D eigenvalue weighted by atomic mass is 19.4. The van der Waals surface area contributed by atoms with Crippen LogP contribution in [-0.2, 0) is 17.6 Å². The number of nitrogens with one attached hydrogen (secondary N) is 1. The molecule has 0 saturated carbocycles. The number of rotatable bonds is 6. The summed E-state index contributed by atoms with van der Waals surface area (Å²) in [6, 6.07) is 10.9. The number of likely N-dealkylation sites (N-methyl/N-ethyl adjacent to an activating group) is 1. The highest BCUT2D eigenvalue weighted by molar-refractivity contribution is 5.94. The molecule has 0 fully saturated rings. The zero-order chi connectivity index (χ0) is 25.3. The van der Waals surface area contributed by atoms with Crippen LogP contribution in [0.3, 0.4) is 0 Å². The number of halogens is 3. The predicted molar refractivity (Wildman–Crippen MR) is 128 cm³/mol. The summed E-state index contributed by atoms with van der Waals surface area (Å²) >= 11 is 0. The molecular formula is C25H21F3N6O2. The van der Waals surface area contributed by atoms with Gasteiger partial charge in [0.15, 0.2) is 5.82 Å². The van der Waals surface area contributed by atoms with E-state index in [2.05, 4.69) is 20.0 Å². The number of carbonyl (C=O) groups excluding carboxylic acids is 1. The number of fused-ring (bicyclic) bond motifs is 2. The molecule has 3 aromatic heterocycles. The third kappa shape index (κ3) is 5.19. The van der Waals surface area contributed by atoms with Crippen molar-refractivity contribution in [2.24, 2.45) is 0 Å². The third-order valence-corrected chi connectivity index (χ3v) is 5.74. The Hall–Kier alpha value is -4.28. The van der Waals surface area contributed by atoms with Gasteiger partial charge in [-0.15, -0.1) is 13.2 Å². The molecular weight excluding hydrogens is 473 g/mol. The van der Waals surface area contributed by atoms with E-state index in [9.17, 15) is 18.0 Å². The summed E-state index contributed by atoms with van der Waals surface area (Å²) < 4.78 is 41.3. The number of aromatic nitrogens is 4. The van der Waals surface area contributed by atoms with Gasteiger partial charge in [0.2, 0.25) is 5.91 Å². The SMILES string of the molecule is CN(CC(=O)Nc1cncc(OC(F)(F)F)c1)c1nc(-c2cc3ccccc3cn2)nc2c1CCC2. The van der Waals surface area contributed by atoms with Crippen LogP contribution in [0, 0.1) is 0 Å². The minimum absolute atomic E-state index is 0.0849. The summed E-state index contributed by atoms with van der Waals surface area (Å²) in [6.07, 6.45) is 1.63. The van der Waals surface area contributed by atoms with Crippen molar-refractivity contribution in [3.63, 3.8) is 0 Å². The number of benzene rings is 1. The first kappa shape index (κ1) is 23.5. The lowest BCUT2D eigenvalue weighted by atomic mass is 10.1. The average Bonchev–Trinajstić information content (AvgIpc) is 3.31. The van der Waals surface area contributed by atoms with Crippen LogP contribution >= 0.6 is 0 Å². The maximum Gasteiger partial charge on any atom is 0.573 e. The monoisotopic (exact) mass is 494 g/mol. The van der Waals surface area contributed by atoms with Crippen LogP contribution in [-0.4, -0.2) is 45.8 Å². The number of nitrogens with zero attached hydrogens (tertiary/aromatic N) is 5. The van der Waals surface area contributed by atoms with Gasteiger partial charge in [-0.1, -0.05) is 24.3 Å². The van der Waals surface area contributed by atoms with Crippen LogP contribution in [0.5, 0.6) is 5.75 Å². The molecule has 0 atom stereocenters. The molecule has 36 heavy (non-hydrogen) atoms. The first-order valence-corrected chi connectivity index (χ1v) is 11.2. The fraction of sp³-hybridized carbons (Fsp3) is 0.240.